The number of nitrogens with zero attached hydrogens (tertiary/aromatic N) is 3. The molecule has 10 heteroatoms. The lowest BCUT2D eigenvalue weighted by atomic mass is 10.1. The summed E-state index contributed by atoms with van der Waals surface area (Å²) < 4.78 is 40.2. The van der Waals surface area contributed by atoms with Crippen LogP contribution in [0.1, 0.15) is 46.0 Å². The minimum atomic E-state index is -4.71. The molecule has 0 aliphatic carbocycles. The smallest absolute Gasteiger partial charge is 0.352 e. The monoisotopic (exact) mass is 466 g/mol. The highest BCUT2D eigenvalue weighted by molar-refractivity contribution is 6.30. The molecule has 1 N–H and O–H groups in total. The van der Waals surface area contributed by atoms with Crippen LogP contribution in [0.2, 0.25) is 5.02 Å². The normalized spacial score (nSPS) is 13.9. The summed E-state index contributed by atoms with van der Waals surface area (Å²) in [6.07, 6.45) is 1.90. The molecule has 0 unspecified atom stereocenters. The molecule has 1 aromatic carbocycles. The van der Waals surface area contributed by atoms with E-state index in [1.54, 1.807) is 29.3 Å². The first-order chi connectivity index (χ1) is 15.2. The Morgan fingerprint density at radius 1 is 1.22 bits per heavy atom. The third-order valence-electron chi connectivity index (χ3n) is 4.86. The Hall–Kier alpha value is -3.07. The van der Waals surface area contributed by atoms with Crippen molar-refractivity contribution in [1.82, 2.24) is 15.2 Å². The van der Waals surface area contributed by atoms with E-state index in [1.165, 1.54) is 17.2 Å². The van der Waals surface area contributed by atoms with Crippen LogP contribution in [0, 0.1) is 0 Å². The topological polar surface area (TPSA) is 65.5 Å². The van der Waals surface area contributed by atoms with E-state index in [9.17, 15) is 22.8 Å². The van der Waals surface area contributed by atoms with Crippen LogP contribution in [-0.4, -0.2) is 41.5 Å². The molecule has 1 aromatic heterocycles. The Kier molecular flexibility index (Phi) is 7.40. The Labute approximate surface area is 188 Å². The summed E-state index contributed by atoms with van der Waals surface area (Å²) in [5.74, 6) is -0.544. The summed E-state index contributed by atoms with van der Waals surface area (Å²) >= 11 is 5.71. The van der Waals surface area contributed by atoms with Crippen molar-refractivity contribution in [3.63, 3.8) is 0 Å². The van der Waals surface area contributed by atoms with Crippen LogP contribution in [0.15, 0.2) is 48.8 Å². The van der Waals surface area contributed by atoms with Gasteiger partial charge in [-0.1, -0.05) is 24.9 Å². The van der Waals surface area contributed by atoms with Gasteiger partial charge >= 0.3 is 6.18 Å². The molecule has 0 bridgehead atoms. The molecule has 0 saturated heterocycles. The van der Waals surface area contributed by atoms with E-state index in [-0.39, 0.29) is 24.1 Å². The molecule has 0 fully saturated rings. The van der Waals surface area contributed by atoms with Gasteiger partial charge in [-0.15, -0.1) is 0 Å². The molecular weight excluding hydrogens is 445 g/mol. The van der Waals surface area contributed by atoms with Crippen LogP contribution < -0.4 is 10.2 Å². The van der Waals surface area contributed by atoms with Gasteiger partial charge in [0.25, 0.3) is 11.8 Å². The molecule has 0 spiro atoms. The Bertz CT molecular complexity index is 1010. The van der Waals surface area contributed by atoms with E-state index in [0.29, 0.717) is 17.9 Å². The molecule has 1 aliphatic heterocycles. The highest BCUT2D eigenvalue weighted by Crippen LogP contribution is 2.34. The molecule has 6 nitrogen and oxygen atoms in total. The van der Waals surface area contributed by atoms with E-state index >= 15 is 0 Å². The van der Waals surface area contributed by atoms with Crippen LogP contribution >= 0.6 is 11.6 Å². The number of carbonyl (C=O) groups is 2. The van der Waals surface area contributed by atoms with Gasteiger partial charge < -0.3 is 15.1 Å². The van der Waals surface area contributed by atoms with Crippen LogP contribution in [0.5, 0.6) is 0 Å². The number of rotatable bonds is 6. The van der Waals surface area contributed by atoms with Crippen LogP contribution in [-0.2, 0) is 6.18 Å². The maximum Gasteiger partial charge on any atom is 0.417 e. The average Bonchev–Trinajstić information content (AvgIpc) is 2.78. The van der Waals surface area contributed by atoms with Crippen molar-refractivity contribution in [1.29, 1.82) is 0 Å². The number of hydrogen-bond acceptors (Lipinski definition) is 4. The summed E-state index contributed by atoms with van der Waals surface area (Å²) in [4.78, 5) is 32.1. The number of carbonyl (C=O) groups excluding carboxylic acids is 2. The minimum Gasteiger partial charge on any atom is -0.352 e. The summed E-state index contributed by atoms with van der Waals surface area (Å²) in [5, 5.41) is 2.70. The Balaban J connectivity index is 1.74. The van der Waals surface area contributed by atoms with E-state index < -0.39 is 23.2 Å². The fraction of sp³-hybridized carbons (Fsp3) is 0.318. The lowest BCUT2D eigenvalue weighted by molar-refractivity contribution is -0.138. The lowest BCUT2D eigenvalue weighted by Gasteiger charge is -2.32. The quantitative estimate of drug-likeness (QED) is 0.626. The van der Waals surface area contributed by atoms with Crippen molar-refractivity contribution in [2.45, 2.75) is 25.9 Å². The van der Waals surface area contributed by atoms with Gasteiger partial charge in [0.1, 0.15) is 5.82 Å². The summed E-state index contributed by atoms with van der Waals surface area (Å²) in [5.41, 5.74) is -1.15. The zero-order valence-electron chi connectivity index (χ0n) is 17.3. The number of alkyl halides is 3. The van der Waals surface area contributed by atoms with Crippen LogP contribution in [0.25, 0.3) is 0 Å². The van der Waals surface area contributed by atoms with Gasteiger partial charge in [0.05, 0.1) is 23.4 Å². The van der Waals surface area contributed by atoms with Gasteiger partial charge in [-0.2, -0.15) is 13.2 Å². The summed E-state index contributed by atoms with van der Waals surface area (Å²) in [7, 11) is 0. The van der Waals surface area contributed by atoms with E-state index in [1.807, 2.05) is 6.92 Å². The molecule has 170 valence electrons. The van der Waals surface area contributed by atoms with E-state index in [2.05, 4.69) is 10.3 Å². The first-order valence-electron chi connectivity index (χ1n) is 10.0. The third-order valence-corrected chi connectivity index (χ3v) is 5.09. The number of unbranched alkanes of at least 4 members (excludes halogenated alkanes) is 1. The standard InChI is InChI=1S/C22H22ClF3N4O2/c1-2-3-9-27-20(31)15-5-8-19(28-13-15)29-10-4-11-30(14-29)21(32)17-7-6-16(23)12-18(17)22(24,25)26/h4-8,10,12-13H,2-3,9,11,14H2,1H3,(H,27,31). The number of aromatic nitrogens is 1. The second-order valence-corrected chi connectivity index (χ2v) is 7.66. The molecule has 3 rings (SSSR count). The number of benzene rings is 1. The first kappa shape index (κ1) is 23.6. The fourth-order valence-electron chi connectivity index (χ4n) is 3.17. The molecule has 0 radical (unpaired) electrons. The molecule has 0 saturated carbocycles. The Morgan fingerprint density at radius 2 is 2.00 bits per heavy atom. The number of amides is 2. The van der Waals surface area contributed by atoms with E-state index in [4.69, 9.17) is 11.6 Å². The van der Waals surface area contributed by atoms with Gasteiger partial charge in [0, 0.05) is 30.5 Å². The summed E-state index contributed by atoms with van der Waals surface area (Å²) in [6.45, 7) is 2.75. The third kappa shape index (κ3) is 5.59. The van der Waals surface area contributed by atoms with Gasteiger partial charge in [0.15, 0.2) is 0 Å². The SMILES string of the molecule is CCCCNC(=O)c1ccc(N2C=CCN(C(=O)c3ccc(Cl)cc3C(F)(F)F)C2)nc1. The lowest BCUT2D eigenvalue weighted by Crippen LogP contribution is -2.43. The van der Waals surface area contributed by atoms with Crippen molar-refractivity contribution in [2.75, 3.05) is 24.7 Å². The van der Waals surface area contributed by atoms with Crippen molar-refractivity contribution in [2.24, 2.45) is 0 Å². The maximum absolute atomic E-state index is 13.4. The van der Waals surface area contributed by atoms with Gasteiger partial charge in [-0.05, 0) is 42.8 Å². The first-order valence-corrected chi connectivity index (χ1v) is 10.4. The van der Waals surface area contributed by atoms with Crippen LogP contribution in [0.3, 0.4) is 0 Å². The fourth-order valence-corrected chi connectivity index (χ4v) is 3.34. The minimum absolute atomic E-state index is 0.00427. The Morgan fingerprint density at radius 3 is 2.66 bits per heavy atom. The van der Waals surface area contributed by atoms with Crippen molar-refractivity contribution < 1.29 is 22.8 Å². The predicted octanol–water partition coefficient (Wildman–Crippen LogP) is 4.72. The molecule has 1 aliphatic rings. The maximum atomic E-state index is 13.4. The van der Waals surface area contributed by atoms with Gasteiger partial charge in [-0.25, -0.2) is 4.98 Å². The average molecular weight is 467 g/mol. The van der Waals surface area contributed by atoms with Crippen molar-refractivity contribution >= 4 is 29.2 Å². The van der Waals surface area contributed by atoms with Crippen LogP contribution in [0.4, 0.5) is 19.0 Å². The number of halogens is 4. The van der Waals surface area contributed by atoms with Crippen molar-refractivity contribution in [3.8, 4) is 0 Å². The van der Waals surface area contributed by atoms with E-state index in [0.717, 1.165) is 25.0 Å². The molecule has 0 atom stereocenters. The molecule has 2 aromatic rings. The number of hydrogen-bond donors (Lipinski definition) is 1. The molecular formula is C22H22ClF3N4O2. The van der Waals surface area contributed by atoms with Gasteiger partial charge in [0.2, 0.25) is 0 Å². The zero-order valence-corrected chi connectivity index (χ0v) is 18.1. The zero-order chi connectivity index (χ0) is 23.3. The highest BCUT2D eigenvalue weighted by Gasteiger charge is 2.37. The number of nitrogens with one attached hydrogen (secondary N) is 1. The largest absolute Gasteiger partial charge is 0.417 e. The number of anilines is 1. The van der Waals surface area contributed by atoms with Crippen molar-refractivity contribution in [3.05, 3.63) is 70.5 Å². The van der Waals surface area contributed by atoms with Gasteiger partial charge in [-0.3, -0.25) is 9.59 Å². The summed E-state index contributed by atoms with van der Waals surface area (Å²) in [6, 6.07) is 6.32. The molecule has 2 amide bonds. The second kappa shape index (κ2) is 10.0. The number of pyridine rings is 1. The predicted molar refractivity (Wildman–Crippen MR) is 115 cm³/mol. The molecule has 32 heavy (non-hydrogen) atoms. The highest BCUT2D eigenvalue weighted by atomic mass is 35.5. The second-order valence-electron chi connectivity index (χ2n) is 7.23. The molecule has 2 heterocycles.